The molecule has 4 heteroatoms. The van der Waals surface area contributed by atoms with Gasteiger partial charge in [0.05, 0.1) is 25.4 Å². The Labute approximate surface area is 87.6 Å². The fraction of sp³-hybridized carbons (Fsp3) is 0.182. The standard InChI is InChI=1S/C11H12N2O2/c1-14-7-5-8-10(15-2)3-4-13-11(8)9(12)6-7/h3-6H,12H2,1-2H3. The van der Waals surface area contributed by atoms with Crippen LogP contribution in [-0.2, 0) is 0 Å². The van der Waals surface area contributed by atoms with Crippen LogP contribution in [0.15, 0.2) is 24.4 Å². The number of hydrogen-bond acceptors (Lipinski definition) is 4. The van der Waals surface area contributed by atoms with Gasteiger partial charge in [-0.25, -0.2) is 0 Å². The molecular weight excluding hydrogens is 192 g/mol. The van der Waals surface area contributed by atoms with E-state index in [0.29, 0.717) is 11.4 Å². The normalized spacial score (nSPS) is 10.3. The molecular formula is C11H12N2O2. The van der Waals surface area contributed by atoms with E-state index in [1.54, 1.807) is 32.5 Å². The molecule has 78 valence electrons. The smallest absolute Gasteiger partial charge is 0.130 e. The molecule has 0 saturated carbocycles. The van der Waals surface area contributed by atoms with Gasteiger partial charge >= 0.3 is 0 Å². The van der Waals surface area contributed by atoms with E-state index in [0.717, 1.165) is 16.7 Å². The number of methoxy groups -OCH3 is 2. The van der Waals surface area contributed by atoms with Gasteiger partial charge in [-0.3, -0.25) is 4.98 Å². The summed E-state index contributed by atoms with van der Waals surface area (Å²) in [5, 5.41) is 0.858. The first-order valence-corrected chi connectivity index (χ1v) is 4.52. The van der Waals surface area contributed by atoms with Gasteiger partial charge in [0, 0.05) is 17.6 Å². The van der Waals surface area contributed by atoms with Gasteiger partial charge in [-0.2, -0.15) is 0 Å². The van der Waals surface area contributed by atoms with E-state index in [2.05, 4.69) is 4.98 Å². The molecule has 0 saturated heterocycles. The van der Waals surface area contributed by atoms with Crippen LogP contribution in [0.1, 0.15) is 0 Å². The summed E-state index contributed by atoms with van der Waals surface area (Å²) in [6.45, 7) is 0. The number of fused-ring (bicyclic) bond motifs is 1. The van der Waals surface area contributed by atoms with Crippen LogP contribution in [0.3, 0.4) is 0 Å². The highest BCUT2D eigenvalue weighted by Gasteiger charge is 2.07. The highest BCUT2D eigenvalue weighted by molar-refractivity contribution is 5.94. The molecule has 0 amide bonds. The minimum Gasteiger partial charge on any atom is -0.497 e. The highest BCUT2D eigenvalue weighted by Crippen LogP contribution is 2.31. The Bertz CT molecular complexity index is 497. The zero-order chi connectivity index (χ0) is 10.8. The predicted molar refractivity (Wildman–Crippen MR) is 59.3 cm³/mol. The van der Waals surface area contributed by atoms with Crippen molar-refractivity contribution in [3.63, 3.8) is 0 Å². The molecule has 2 aromatic rings. The first-order chi connectivity index (χ1) is 7.26. The van der Waals surface area contributed by atoms with Crippen LogP contribution in [0.2, 0.25) is 0 Å². The molecule has 2 N–H and O–H groups in total. The molecule has 0 spiro atoms. The van der Waals surface area contributed by atoms with E-state index in [1.807, 2.05) is 6.07 Å². The zero-order valence-electron chi connectivity index (χ0n) is 8.65. The average molecular weight is 204 g/mol. The van der Waals surface area contributed by atoms with Crippen LogP contribution >= 0.6 is 0 Å². The summed E-state index contributed by atoms with van der Waals surface area (Å²) in [4.78, 5) is 4.20. The molecule has 2 rings (SSSR count). The Morgan fingerprint density at radius 1 is 1.20 bits per heavy atom. The third-order valence-corrected chi connectivity index (χ3v) is 2.26. The maximum absolute atomic E-state index is 5.86. The fourth-order valence-corrected chi connectivity index (χ4v) is 1.53. The van der Waals surface area contributed by atoms with Crippen LogP contribution in [0.4, 0.5) is 5.69 Å². The van der Waals surface area contributed by atoms with Gasteiger partial charge in [0.15, 0.2) is 0 Å². The van der Waals surface area contributed by atoms with Crippen molar-refractivity contribution in [3.05, 3.63) is 24.4 Å². The van der Waals surface area contributed by atoms with Gasteiger partial charge in [0.2, 0.25) is 0 Å². The lowest BCUT2D eigenvalue weighted by Gasteiger charge is -2.08. The summed E-state index contributed by atoms with van der Waals surface area (Å²) < 4.78 is 10.4. The molecule has 15 heavy (non-hydrogen) atoms. The predicted octanol–water partition coefficient (Wildman–Crippen LogP) is 1.83. The number of nitrogen functional groups attached to an aromatic ring is 1. The van der Waals surface area contributed by atoms with E-state index in [4.69, 9.17) is 15.2 Å². The molecule has 0 aliphatic rings. The molecule has 0 radical (unpaired) electrons. The van der Waals surface area contributed by atoms with Gasteiger partial charge in [-0.1, -0.05) is 0 Å². The summed E-state index contributed by atoms with van der Waals surface area (Å²) in [7, 11) is 3.22. The van der Waals surface area contributed by atoms with E-state index >= 15 is 0 Å². The molecule has 1 aromatic carbocycles. The van der Waals surface area contributed by atoms with Gasteiger partial charge in [0.25, 0.3) is 0 Å². The fourth-order valence-electron chi connectivity index (χ4n) is 1.53. The van der Waals surface area contributed by atoms with Crippen molar-refractivity contribution in [1.82, 2.24) is 4.98 Å². The van der Waals surface area contributed by atoms with Gasteiger partial charge in [-0.15, -0.1) is 0 Å². The number of anilines is 1. The number of ether oxygens (including phenoxy) is 2. The lowest BCUT2D eigenvalue weighted by Crippen LogP contribution is -1.94. The summed E-state index contributed by atoms with van der Waals surface area (Å²) in [5.74, 6) is 1.44. The summed E-state index contributed by atoms with van der Waals surface area (Å²) in [5.41, 5.74) is 7.18. The van der Waals surface area contributed by atoms with E-state index in [1.165, 1.54) is 0 Å². The monoisotopic (exact) mass is 204 g/mol. The molecule has 0 fully saturated rings. The first-order valence-electron chi connectivity index (χ1n) is 4.52. The summed E-state index contributed by atoms with van der Waals surface area (Å²) >= 11 is 0. The minimum absolute atomic E-state index is 0.586. The second-order valence-corrected chi connectivity index (χ2v) is 3.13. The lowest BCUT2D eigenvalue weighted by molar-refractivity contribution is 0.412. The second-order valence-electron chi connectivity index (χ2n) is 3.13. The number of nitrogens with two attached hydrogens (primary N) is 1. The maximum atomic E-state index is 5.86. The highest BCUT2D eigenvalue weighted by atomic mass is 16.5. The van der Waals surface area contributed by atoms with Crippen LogP contribution in [0.25, 0.3) is 10.9 Å². The molecule has 1 aromatic heterocycles. The van der Waals surface area contributed by atoms with Crippen LogP contribution in [0.5, 0.6) is 11.5 Å². The minimum atomic E-state index is 0.586. The molecule has 0 unspecified atom stereocenters. The van der Waals surface area contributed by atoms with Gasteiger partial charge in [-0.05, 0) is 12.1 Å². The van der Waals surface area contributed by atoms with Crippen molar-refractivity contribution in [3.8, 4) is 11.5 Å². The Kier molecular flexibility index (Phi) is 2.33. The van der Waals surface area contributed by atoms with Gasteiger partial charge < -0.3 is 15.2 Å². The summed E-state index contributed by atoms with van der Waals surface area (Å²) in [6.07, 6.45) is 1.67. The third kappa shape index (κ3) is 1.54. The quantitative estimate of drug-likeness (QED) is 0.758. The maximum Gasteiger partial charge on any atom is 0.130 e. The Balaban J connectivity index is 2.79. The molecule has 0 aliphatic heterocycles. The first kappa shape index (κ1) is 9.58. The van der Waals surface area contributed by atoms with E-state index in [9.17, 15) is 0 Å². The number of benzene rings is 1. The second kappa shape index (κ2) is 3.65. The van der Waals surface area contributed by atoms with Crippen LogP contribution in [-0.4, -0.2) is 19.2 Å². The largest absolute Gasteiger partial charge is 0.497 e. The summed E-state index contributed by atoms with van der Waals surface area (Å²) in [6, 6.07) is 5.40. The number of hydrogen-bond donors (Lipinski definition) is 1. The van der Waals surface area contributed by atoms with Crippen molar-refractivity contribution >= 4 is 16.6 Å². The van der Waals surface area contributed by atoms with Crippen LogP contribution < -0.4 is 15.2 Å². The van der Waals surface area contributed by atoms with Crippen LogP contribution in [0, 0.1) is 0 Å². The topological polar surface area (TPSA) is 57.4 Å². The molecule has 0 aliphatic carbocycles. The molecule has 0 atom stereocenters. The molecule has 0 bridgehead atoms. The lowest BCUT2D eigenvalue weighted by atomic mass is 10.1. The van der Waals surface area contributed by atoms with Crippen molar-refractivity contribution < 1.29 is 9.47 Å². The van der Waals surface area contributed by atoms with E-state index < -0.39 is 0 Å². The van der Waals surface area contributed by atoms with E-state index in [-0.39, 0.29) is 0 Å². The zero-order valence-corrected chi connectivity index (χ0v) is 8.65. The number of nitrogens with zero attached hydrogens (tertiary/aromatic N) is 1. The number of aromatic nitrogens is 1. The Hall–Kier alpha value is -1.97. The SMILES string of the molecule is COc1cc(N)c2nccc(OC)c2c1. The molecule has 4 nitrogen and oxygen atoms in total. The number of rotatable bonds is 2. The van der Waals surface area contributed by atoms with Crippen molar-refractivity contribution in [1.29, 1.82) is 0 Å². The van der Waals surface area contributed by atoms with Crippen molar-refractivity contribution in [2.45, 2.75) is 0 Å². The van der Waals surface area contributed by atoms with Crippen molar-refractivity contribution in [2.24, 2.45) is 0 Å². The van der Waals surface area contributed by atoms with Crippen molar-refractivity contribution in [2.75, 3.05) is 20.0 Å². The van der Waals surface area contributed by atoms with Gasteiger partial charge in [0.1, 0.15) is 11.5 Å². The third-order valence-electron chi connectivity index (χ3n) is 2.26. The average Bonchev–Trinajstić information content (AvgIpc) is 2.28. The Morgan fingerprint density at radius 2 is 2.00 bits per heavy atom. The Morgan fingerprint density at radius 3 is 2.67 bits per heavy atom. The number of pyridine rings is 1. The molecule has 1 heterocycles.